The smallest absolute Gasteiger partial charge is 0.252 e. The molecule has 14 heavy (non-hydrogen) atoms. The number of carbonyl (C=O) groups is 1. The number of rotatable bonds is 3. The molecule has 1 rings (SSSR count). The molecule has 1 aromatic carbocycles. The number of hydrogen-bond acceptors (Lipinski definition) is 4. The van der Waals surface area contributed by atoms with E-state index < -0.39 is 5.91 Å². The summed E-state index contributed by atoms with van der Waals surface area (Å²) >= 11 is 5.66. The number of halogens is 1. The molecule has 0 spiro atoms. The molecule has 0 saturated carbocycles. The van der Waals surface area contributed by atoms with Crippen LogP contribution in [0.1, 0.15) is 0 Å². The second-order valence-electron chi connectivity index (χ2n) is 2.52. The highest BCUT2D eigenvalue weighted by atomic mass is 35.5. The van der Waals surface area contributed by atoms with Crippen molar-refractivity contribution in [3.63, 3.8) is 0 Å². The van der Waals surface area contributed by atoms with Gasteiger partial charge in [0, 0.05) is 5.02 Å². The molecule has 0 aliphatic rings. The molecule has 1 amide bonds. The summed E-state index contributed by atoms with van der Waals surface area (Å²) in [6.07, 6.45) is 0. The summed E-state index contributed by atoms with van der Waals surface area (Å²) in [7, 11) is 0. The number of benzene rings is 1. The molecule has 0 radical (unpaired) electrons. The maximum atomic E-state index is 11.0. The van der Waals surface area contributed by atoms with E-state index in [-0.39, 0.29) is 18.0 Å². The van der Waals surface area contributed by atoms with Crippen LogP contribution in [0.25, 0.3) is 0 Å². The van der Waals surface area contributed by atoms with E-state index in [1.165, 1.54) is 18.2 Å². The first kappa shape index (κ1) is 10.8. The minimum Gasteiger partial charge on any atom is -0.506 e. The quantitative estimate of drug-likeness (QED) is 0.517. The van der Waals surface area contributed by atoms with E-state index >= 15 is 0 Å². The minimum absolute atomic E-state index is 0.0697. The van der Waals surface area contributed by atoms with Gasteiger partial charge in [0.2, 0.25) is 0 Å². The molecule has 0 heterocycles. The van der Waals surface area contributed by atoms with Gasteiger partial charge < -0.3 is 10.4 Å². The van der Waals surface area contributed by atoms with Crippen molar-refractivity contribution in [3.05, 3.63) is 23.2 Å². The van der Waals surface area contributed by atoms with E-state index in [4.69, 9.17) is 17.5 Å². The SMILES string of the molecule is NOCC(=O)Nc1cc(Cl)ccc1O. The van der Waals surface area contributed by atoms with E-state index in [1.807, 2.05) is 0 Å². The minimum atomic E-state index is -0.468. The summed E-state index contributed by atoms with van der Waals surface area (Å²) < 4.78 is 0. The Labute approximate surface area is 85.4 Å². The predicted octanol–water partition coefficient (Wildman–Crippen LogP) is 0.874. The fourth-order valence-electron chi connectivity index (χ4n) is 0.870. The van der Waals surface area contributed by atoms with Crippen LogP contribution in [-0.4, -0.2) is 17.6 Å². The molecule has 0 aliphatic carbocycles. The van der Waals surface area contributed by atoms with Crippen LogP contribution in [0.3, 0.4) is 0 Å². The predicted molar refractivity (Wildman–Crippen MR) is 51.9 cm³/mol. The molecule has 0 aromatic heterocycles. The lowest BCUT2D eigenvalue weighted by atomic mass is 10.3. The average molecular weight is 217 g/mol. The van der Waals surface area contributed by atoms with Crippen LogP contribution in [0.2, 0.25) is 5.02 Å². The van der Waals surface area contributed by atoms with Crippen LogP contribution in [0.4, 0.5) is 5.69 Å². The molecule has 0 atom stereocenters. The van der Waals surface area contributed by atoms with E-state index in [0.29, 0.717) is 5.02 Å². The summed E-state index contributed by atoms with van der Waals surface area (Å²) in [4.78, 5) is 15.1. The van der Waals surface area contributed by atoms with Crippen molar-refractivity contribution in [3.8, 4) is 5.75 Å². The van der Waals surface area contributed by atoms with E-state index in [9.17, 15) is 9.90 Å². The molecule has 0 aliphatic heterocycles. The van der Waals surface area contributed by atoms with Crippen molar-refractivity contribution in [1.82, 2.24) is 0 Å². The highest BCUT2D eigenvalue weighted by Crippen LogP contribution is 2.26. The number of aromatic hydroxyl groups is 1. The summed E-state index contributed by atoms with van der Waals surface area (Å²) in [5.41, 5.74) is 0.222. The van der Waals surface area contributed by atoms with Gasteiger partial charge in [-0.2, -0.15) is 0 Å². The zero-order valence-electron chi connectivity index (χ0n) is 7.16. The van der Waals surface area contributed by atoms with Crippen molar-refractivity contribution in [2.45, 2.75) is 0 Å². The number of amides is 1. The van der Waals surface area contributed by atoms with E-state index in [0.717, 1.165) is 0 Å². The van der Waals surface area contributed by atoms with Gasteiger partial charge in [0.25, 0.3) is 5.91 Å². The Kier molecular flexibility index (Phi) is 3.70. The third-order valence-electron chi connectivity index (χ3n) is 1.45. The Morgan fingerprint density at radius 3 is 3.00 bits per heavy atom. The number of nitrogens with two attached hydrogens (primary N) is 1. The molecular weight excluding hydrogens is 208 g/mol. The van der Waals surface area contributed by atoms with Crippen molar-refractivity contribution in [2.75, 3.05) is 11.9 Å². The normalized spacial score (nSPS) is 9.86. The van der Waals surface area contributed by atoms with Crippen molar-refractivity contribution in [2.24, 2.45) is 5.90 Å². The first-order valence-electron chi connectivity index (χ1n) is 3.73. The molecule has 0 bridgehead atoms. The highest BCUT2D eigenvalue weighted by Gasteiger charge is 2.06. The monoisotopic (exact) mass is 216 g/mol. The van der Waals surface area contributed by atoms with E-state index in [1.54, 1.807) is 0 Å². The van der Waals surface area contributed by atoms with Crippen LogP contribution in [0, 0.1) is 0 Å². The number of phenols is 1. The Bertz CT molecular complexity index is 343. The van der Waals surface area contributed by atoms with Gasteiger partial charge in [-0.05, 0) is 18.2 Å². The first-order chi connectivity index (χ1) is 6.63. The molecule has 1 aromatic rings. The number of carbonyl (C=O) groups excluding carboxylic acids is 1. The third-order valence-corrected chi connectivity index (χ3v) is 1.68. The lowest BCUT2D eigenvalue weighted by Gasteiger charge is -2.06. The number of nitrogens with one attached hydrogen (secondary N) is 1. The molecule has 0 saturated heterocycles. The Balaban J connectivity index is 2.75. The van der Waals surface area contributed by atoms with Crippen LogP contribution in [0.5, 0.6) is 5.75 Å². The molecule has 0 fully saturated rings. The van der Waals surface area contributed by atoms with Gasteiger partial charge in [0.15, 0.2) is 0 Å². The second kappa shape index (κ2) is 4.80. The first-order valence-corrected chi connectivity index (χ1v) is 4.11. The highest BCUT2D eigenvalue weighted by molar-refractivity contribution is 6.31. The third kappa shape index (κ3) is 2.88. The van der Waals surface area contributed by atoms with Crippen molar-refractivity contribution in [1.29, 1.82) is 0 Å². The van der Waals surface area contributed by atoms with Gasteiger partial charge in [0.1, 0.15) is 12.4 Å². The molecule has 5 nitrogen and oxygen atoms in total. The van der Waals surface area contributed by atoms with Crippen molar-refractivity contribution >= 4 is 23.2 Å². The average Bonchev–Trinajstić information content (AvgIpc) is 2.12. The fraction of sp³-hybridized carbons (Fsp3) is 0.125. The Morgan fingerprint density at radius 2 is 2.36 bits per heavy atom. The fourth-order valence-corrected chi connectivity index (χ4v) is 1.04. The largest absolute Gasteiger partial charge is 0.506 e. The van der Waals surface area contributed by atoms with Gasteiger partial charge in [0.05, 0.1) is 5.69 Å². The topological polar surface area (TPSA) is 84.6 Å². The summed E-state index contributed by atoms with van der Waals surface area (Å²) in [5, 5.41) is 12.1. The Hall–Kier alpha value is -1.30. The molecule has 6 heteroatoms. The van der Waals surface area contributed by atoms with Gasteiger partial charge in [-0.1, -0.05) is 11.6 Å². The van der Waals surface area contributed by atoms with Crippen LogP contribution in [-0.2, 0) is 9.63 Å². The lowest BCUT2D eigenvalue weighted by molar-refractivity contribution is -0.120. The second-order valence-corrected chi connectivity index (χ2v) is 2.96. The van der Waals surface area contributed by atoms with Crippen LogP contribution in [0.15, 0.2) is 18.2 Å². The molecule has 0 unspecified atom stereocenters. The summed E-state index contributed by atoms with van der Waals surface area (Å²) in [5.74, 6) is 4.16. The lowest BCUT2D eigenvalue weighted by Crippen LogP contribution is -2.20. The zero-order chi connectivity index (χ0) is 10.6. The standard InChI is InChI=1S/C8H9ClN2O3/c9-5-1-2-7(12)6(3-5)11-8(13)4-14-10/h1-3,12H,4,10H2,(H,11,13). The van der Waals surface area contributed by atoms with Gasteiger partial charge >= 0.3 is 0 Å². The number of anilines is 1. The maximum Gasteiger partial charge on any atom is 0.252 e. The van der Waals surface area contributed by atoms with Crippen LogP contribution < -0.4 is 11.2 Å². The zero-order valence-corrected chi connectivity index (χ0v) is 7.91. The molecular formula is C8H9ClN2O3. The van der Waals surface area contributed by atoms with E-state index in [2.05, 4.69) is 10.2 Å². The number of phenolic OH excluding ortho intramolecular Hbond substituents is 1. The number of hydrogen-bond donors (Lipinski definition) is 3. The van der Waals surface area contributed by atoms with Gasteiger partial charge in [-0.3, -0.25) is 9.63 Å². The molecule has 4 N–H and O–H groups in total. The summed E-state index contributed by atoms with van der Waals surface area (Å²) in [6, 6.07) is 4.30. The summed E-state index contributed by atoms with van der Waals surface area (Å²) in [6.45, 7) is -0.286. The van der Waals surface area contributed by atoms with Crippen LogP contribution >= 0.6 is 11.6 Å². The van der Waals surface area contributed by atoms with Gasteiger partial charge in [-0.25, -0.2) is 5.90 Å². The maximum absolute atomic E-state index is 11.0. The molecule has 76 valence electrons. The van der Waals surface area contributed by atoms with Crippen molar-refractivity contribution < 1.29 is 14.7 Å². The Morgan fingerprint density at radius 1 is 1.64 bits per heavy atom. The van der Waals surface area contributed by atoms with Gasteiger partial charge in [-0.15, -0.1) is 0 Å².